The number of aliphatic hydroxyl groups excluding tert-OH is 4. The Bertz CT molecular complexity index is 206. The molecule has 0 saturated carbocycles. The third kappa shape index (κ3) is 2.42. The Morgan fingerprint density at radius 1 is 1.43 bits per heavy atom. The van der Waals surface area contributed by atoms with Crippen LogP contribution in [0.3, 0.4) is 0 Å². The topological polar surface area (TPSA) is 107 Å². The van der Waals surface area contributed by atoms with Gasteiger partial charge in [0, 0.05) is 6.42 Å². The summed E-state index contributed by atoms with van der Waals surface area (Å²) in [6.07, 6.45) is -4.57. The first-order valence-electron chi connectivity index (χ1n) is 4.40. The summed E-state index contributed by atoms with van der Waals surface area (Å²) >= 11 is 0. The van der Waals surface area contributed by atoms with E-state index in [9.17, 15) is 15.0 Å². The fourth-order valence-corrected chi connectivity index (χ4v) is 1.34. The highest BCUT2D eigenvalue weighted by molar-refractivity contribution is 5.71. The average Bonchev–Trinajstić information content (AvgIpc) is 2.61. The Labute approximate surface area is 80.7 Å². The molecule has 1 heterocycles. The molecule has 0 bridgehead atoms. The summed E-state index contributed by atoms with van der Waals surface area (Å²) in [6, 6.07) is 0. The summed E-state index contributed by atoms with van der Waals surface area (Å²) in [4.78, 5) is 10.7. The maximum absolute atomic E-state index is 10.7. The van der Waals surface area contributed by atoms with Gasteiger partial charge in [-0.2, -0.15) is 0 Å². The van der Waals surface area contributed by atoms with Crippen molar-refractivity contribution in [3.8, 4) is 0 Å². The molecule has 1 aliphatic rings. The maximum Gasteiger partial charge on any atom is 0.306 e. The van der Waals surface area contributed by atoms with Crippen LogP contribution < -0.4 is 0 Å². The highest BCUT2D eigenvalue weighted by Crippen LogP contribution is 2.20. The van der Waals surface area contributed by atoms with Gasteiger partial charge in [-0.25, -0.2) is 0 Å². The number of rotatable bonds is 4. The molecule has 6 nitrogen and oxygen atoms in total. The van der Waals surface area contributed by atoms with Crippen molar-refractivity contribution in [2.45, 2.75) is 37.3 Å². The van der Waals surface area contributed by atoms with Gasteiger partial charge in [0.1, 0.15) is 24.4 Å². The van der Waals surface area contributed by atoms with Gasteiger partial charge < -0.3 is 25.2 Å². The quantitative estimate of drug-likeness (QED) is 0.388. The Balaban J connectivity index is 2.47. The van der Waals surface area contributed by atoms with Gasteiger partial charge in [-0.05, 0) is 6.42 Å². The fourth-order valence-electron chi connectivity index (χ4n) is 1.34. The lowest BCUT2D eigenvalue weighted by Crippen LogP contribution is -2.45. The molecule has 0 aromatic rings. The van der Waals surface area contributed by atoms with Gasteiger partial charge in [0.05, 0.1) is 6.61 Å². The summed E-state index contributed by atoms with van der Waals surface area (Å²) in [5, 5.41) is 36.3. The maximum atomic E-state index is 10.7. The van der Waals surface area contributed by atoms with Crippen molar-refractivity contribution < 1.29 is 30.0 Å². The molecule has 14 heavy (non-hydrogen) atoms. The highest BCUT2D eigenvalue weighted by atomic mass is 16.6. The van der Waals surface area contributed by atoms with E-state index in [1.165, 1.54) is 0 Å². The zero-order valence-corrected chi connectivity index (χ0v) is 7.54. The zero-order valence-electron chi connectivity index (χ0n) is 7.54. The molecule has 1 aliphatic heterocycles. The second kappa shape index (κ2) is 4.70. The number of hydrogen-bond donors (Lipinski definition) is 4. The molecule has 82 valence electrons. The monoisotopic (exact) mass is 206 g/mol. The van der Waals surface area contributed by atoms with E-state index in [0.717, 1.165) is 0 Å². The molecule has 0 aliphatic carbocycles. The second-order valence-electron chi connectivity index (χ2n) is 3.30. The number of ether oxygens (including phenoxy) is 1. The molecule has 1 unspecified atom stereocenters. The number of carbonyl (C=O) groups excluding carboxylic acids is 1. The van der Waals surface area contributed by atoms with Gasteiger partial charge in [-0.3, -0.25) is 4.79 Å². The number of esters is 1. The number of cyclic esters (lactones) is 1. The number of hydrogen-bond acceptors (Lipinski definition) is 6. The lowest BCUT2D eigenvalue weighted by molar-refractivity contribution is -0.154. The highest BCUT2D eigenvalue weighted by Gasteiger charge is 2.36. The fraction of sp³-hybridized carbons (Fsp3) is 0.875. The van der Waals surface area contributed by atoms with Crippen LogP contribution in [0, 0.1) is 0 Å². The van der Waals surface area contributed by atoms with E-state index in [1.807, 2.05) is 0 Å². The van der Waals surface area contributed by atoms with Crippen molar-refractivity contribution in [1.82, 2.24) is 0 Å². The second-order valence-corrected chi connectivity index (χ2v) is 3.30. The van der Waals surface area contributed by atoms with Crippen LogP contribution in [0.15, 0.2) is 0 Å². The molecular formula is C8H14O6. The third-order valence-corrected chi connectivity index (χ3v) is 2.23. The van der Waals surface area contributed by atoms with Gasteiger partial charge in [0.2, 0.25) is 0 Å². The van der Waals surface area contributed by atoms with Gasteiger partial charge in [-0.1, -0.05) is 0 Å². The van der Waals surface area contributed by atoms with Crippen LogP contribution in [0.2, 0.25) is 0 Å². The first kappa shape index (κ1) is 11.4. The SMILES string of the molecule is O=C1CCC([C@@H](O)[C@H](O)[C@H](O)CO)O1. The molecule has 6 heteroatoms. The molecule has 4 N–H and O–H groups in total. The van der Waals surface area contributed by atoms with E-state index in [-0.39, 0.29) is 6.42 Å². The largest absolute Gasteiger partial charge is 0.459 e. The van der Waals surface area contributed by atoms with Crippen LogP contribution in [0.4, 0.5) is 0 Å². The summed E-state index contributed by atoms with van der Waals surface area (Å²) in [5.74, 6) is -0.431. The predicted molar refractivity (Wildman–Crippen MR) is 44.2 cm³/mol. The van der Waals surface area contributed by atoms with Gasteiger partial charge in [0.25, 0.3) is 0 Å². The van der Waals surface area contributed by atoms with Gasteiger partial charge >= 0.3 is 5.97 Å². The van der Waals surface area contributed by atoms with E-state index in [2.05, 4.69) is 0 Å². The van der Waals surface area contributed by atoms with Gasteiger partial charge in [0.15, 0.2) is 0 Å². The summed E-state index contributed by atoms with van der Waals surface area (Å²) in [7, 11) is 0. The predicted octanol–water partition coefficient (Wildman–Crippen LogP) is -2.23. The molecule has 1 fully saturated rings. The van der Waals surface area contributed by atoms with Crippen LogP contribution in [0.25, 0.3) is 0 Å². The van der Waals surface area contributed by atoms with E-state index in [0.29, 0.717) is 6.42 Å². The minimum Gasteiger partial charge on any atom is -0.459 e. The minimum atomic E-state index is -1.50. The van der Waals surface area contributed by atoms with Crippen molar-refractivity contribution in [2.24, 2.45) is 0 Å². The third-order valence-electron chi connectivity index (χ3n) is 2.23. The Morgan fingerprint density at radius 3 is 2.50 bits per heavy atom. The summed E-state index contributed by atoms with van der Waals surface area (Å²) in [6.45, 7) is -0.654. The first-order chi connectivity index (χ1) is 6.56. The summed E-state index contributed by atoms with van der Waals surface area (Å²) < 4.78 is 4.70. The van der Waals surface area contributed by atoms with E-state index in [4.69, 9.17) is 14.9 Å². The Morgan fingerprint density at radius 2 is 2.07 bits per heavy atom. The smallest absolute Gasteiger partial charge is 0.306 e. The Kier molecular flexibility index (Phi) is 3.82. The van der Waals surface area contributed by atoms with Crippen LogP contribution in [-0.4, -0.2) is 57.4 Å². The normalized spacial score (nSPS) is 28.3. The minimum absolute atomic E-state index is 0.198. The molecule has 1 saturated heterocycles. The molecule has 1 rings (SSSR count). The van der Waals surface area contributed by atoms with Crippen LogP contribution in [-0.2, 0) is 9.53 Å². The standard InChI is InChI=1S/C8H14O6/c9-3-4(10)7(12)8(13)5-1-2-6(11)14-5/h4-5,7-10,12-13H,1-3H2/t4-,5?,7-,8-/m1/s1. The van der Waals surface area contributed by atoms with Crippen molar-refractivity contribution in [2.75, 3.05) is 6.61 Å². The molecule has 0 spiro atoms. The van der Waals surface area contributed by atoms with Crippen molar-refractivity contribution in [1.29, 1.82) is 0 Å². The van der Waals surface area contributed by atoms with E-state index < -0.39 is 37.0 Å². The van der Waals surface area contributed by atoms with Crippen LogP contribution >= 0.6 is 0 Å². The number of aliphatic hydroxyl groups is 4. The van der Waals surface area contributed by atoms with Crippen LogP contribution in [0.5, 0.6) is 0 Å². The molecule has 0 aromatic carbocycles. The molecule has 4 atom stereocenters. The molecule has 0 amide bonds. The van der Waals surface area contributed by atoms with Crippen molar-refractivity contribution in [3.63, 3.8) is 0 Å². The van der Waals surface area contributed by atoms with Crippen molar-refractivity contribution in [3.05, 3.63) is 0 Å². The van der Waals surface area contributed by atoms with Crippen LogP contribution in [0.1, 0.15) is 12.8 Å². The zero-order chi connectivity index (χ0) is 10.7. The average molecular weight is 206 g/mol. The molecule has 0 radical (unpaired) electrons. The number of carbonyl (C=O) groups is 1. The van der Waals surface area contributed by atoms with E-state index >= 15 is 0 Å². The summed E-state index contributed by atoms with van der Waals surface area (Å²) in [5.41, 5.74) is 0. The first-order valence-corrected chi connectivity index (χ1v) is 4.40. The molecular weight excluding hydrogens is 192 g/mol. The van der Waals surface area contributed by atoms with Crippen molar-refractivity contribution >= 4 is 5.97 Å². The Hall–Kier alpha value is -0.690. The lowest BCUT2D eigenvalue weighted by atomic mass is 10.0. The van der Waals surface area contributed by atoms with Gasteiger partial charge in [-0.15, -0.1) is 0 Å². The lowest BCUT2D eigenvalue weighted by Gasteiger charge is -2.24. The molecule has 0 aromatic heterocycles. The van der Waals surface area contributed by atoms with E-state index in [1.54, 1.807) is 0 Å².